The van der Waals surface area contributed by atoms with Crippen molar-refractivity contribution < 1.29 is 14.7 Å². The Labute approximate surface area is 84.6 Å². The van der Waals surface area contributed by atoms with Crippen molar-refractivity contribution in [2.75, 3.05) is 0 Å². The Balaban J connectivity index is 2.88. The van der Waals surface area contributed by atoms with Crippen LogP contribution in [-0.4, -0.2) is 26.6 Å². The summed E-state index contributed by atoms with van der Waals surface area (Å²) in [4.78, 5) is 20.9. The average molecular weight is 215 g/mol. The quantitative estimate of drug-likeness (QED) is 0.595. The Kier molecular flexibility index (Phi) is 3.03. The summed E-state index contributed by atoms with van der Waals surface area (Å²) in [6.07, 6.45) is 3.66. The van der Waals surface area contributed by atoms with Crippen LogP contribution >= 0.6 is 11.6 Å². The number of aromatic nitrogens is 2. The Morgan fingerprint density at radius 1 is 1.64 bits per heavy atom. The second-order valence-electron chi connectivity index (χ2n) is 2.50. The first-order chi connectivity index (χ1) is 6.52. The molecule has 0 aliphatic rings. The molecule has 0 amide bonds. The molecule has 0 bridgehead atoms. The predicted octanol–water partition coefficient (Wildman–Crippen LogP) is 0.740. The zero-order valence-electron chi connectivity index (χ0n) is 7.27. The van der Waals surface area contributed by atoms with E-state index in [0.29, 0.717) is 10.7 Å². The van der Waals surface area contributed by atoms with Gasteiger partial charge in [-0.1, -0.05) is 11.6 Å². The molecule has 0 aliphatic heterocycles. The maximum Gasteiger partial charge on any atom is 0.376 e. The number of carboxylic acid groups (broad SMARTS) is 1. The summed E-state index contributed by atoms with van der Waals surface area (Å²) in [5, 5.41) is 12.5. The summed E-state index contributed by atoms with van der Waals surface area (Å²) in [5.74, 6) is -2.50. The molecule has 1 rings (SSSR count). The van der Waals surface area contributed by atoms with E-state index in [0.717, 1.165) is 6.08 Å². The fraction of sp³-hybridized carbons (Fsp3) is 0.125. The summed E-state index contributed by atoms with van der Waals surface area (Å²) >= 11 is 5.71. The van der Waals surface area contributed by atoms with Gasteiger partial charge in [-0.05, 0) is 12.2 Å². The number of rotatable bonds is 3. The molecule has 74 valence electrons. The van der Waals surface area contributed by atoms with Crippen molar-refractivity contribution in [3.05, 3.63) is 23.0 Å². The molecule has 1 N–H and O–H groups in total. The normalized spacial score (nSPS) is 10.7. The molecule has 14 heavy (non-hydrogen) atoms. The number of hydrogen-bond acceptors (Lipinski definition) is 3. The van der Waals surface area contributed by atoms with Gasteiger partial charge in [0.25, 0.3) is 5.78 Å². The van der Waals surface area contributed by atoms with E-state index in [9.17, 15) is 9.59 Å². The topological polar surface area (TPSA) is 72.2 Å². The van der Waals surface area contributed by atoms with E-state index in [1.807, 2.05) is 0 Å². The van der Waals surface area contributed by atoms with E-state index in [1.54, 1.807) is 7.05 Å². The molecular weight excluding hydrogens is 208 g/mol. The molecule has 0 radical (unpaired) electrons. The van der Waals surface area contributed by atoms with E-state index in [2.05, 4.69) is 5.10 Å². The number of aryl methyl sites for hydroxylation is 1. The third kappa shape index (κ3) is 2.20. The molecule has 0 aliphatic carbocycles. The summed E-state index contributed by atoms with van der Waals surface area (Å²) in [6.45, 7) is 0. The second-order valence-corrected chi connectivity index (χ2v) is 2.91. The van der Waals surface area contributed by atoms with Crippen molar-refractivity contribution in [1.82, 2.24) is 9.78 Å². The zero-order valence-corrected chi connectivity index (χ0v) is 8.02. The fourth-order valence-electron chi connectivity index (χ4n) is 0.834. The Hall–Kier alpha value is -1.62. The Morgan fingerprint density at radius 3 is 2.71 bits per heavy atom. The highest BCUT2D eigenvalue weighted by atomic mass is 35.5. The van der Waals surface area contributed by atoms with Crippen LogP contribution in [0.1, 0.15) is 5.69 Å². The minimum absolute atomic E-state index is 0.363. The van der Waals surface area contributed by atoms with Crippen molar-refractivity contribution in [1.29, 1.82) is 0 Å². The van der Waals surface area contributed by atoms with Gasteiger partial charge in [0.2, 0.25) is 0 Å². The number of halogens is 1. The van der Waals surface area contributed by atoms with Crippen molar-refractivity contribution in [2.45, 2.75) is 0 Å². The van der Waals surface area contributed by atoms with Crippen LogP contribution in [0.4, 0.5) is 0 Å². The minimum atomic E-state index is -1.50. The van der Waals surface area contributed by atoms with Gasteiger partial charge in [-0.2, -0.15) is 5.10 Å². The molecule has 0 saturated carbocycles. The lowest BCUT2D eigenvalue weighted by Gasteiger charge is -1.93. The highest BCUT2D eigenvalue weighted by molar-refractivity contribution is 6.38. The third-order valence-corrected chi connectivity index (χ3v) is 1.83. The molecule has 5 nitrogen and oxygen atoms in total. The van der Waals surface area contributed by atoms with Crippen LogP contribution in [0.25, 0.3) is 6.08 Å². The fourth-order valence-corrected chi connectivity index (χ4v) is 1.06. The minimum Gasteiger partial charge on any atom is -0.475 e. The van der Waals surface area contributed by atoms with Gasteiger partial charge in [-0.25, -0.2) is 4.79 Å². The van der Waals surface area contributed by atoms with Crippen LogP contribution in [0.5, 0.6) is 0 Å². The van der Waals surface area contributed by atoms with Crippen molar-refractivity contribution in [3.63, 3.8) is 0 Å². The maximum absolute atomic E-state index is 10.7. The monoisotopic (exact) mass is 214 g/mol. The predicted molar refractivity (Wildman–Crippen MR) is 49.9 cm³/mol. The van der Waals surface area contributed by atoms with Gasteiger partial charge >= 0.3 is 5.97 Å². The third-order valence-electron chi connectivity index (χ3n) is 1.54. The van der Waals surface area contributed by atoms with E-state index >= 15 is 0 Å². The molecular formula is C8H7ClN2O3. The largest absolute Gasteiger partial charge is 0.475 e. The van der Waals surface area contributed by atoms with Crippen molar-refractivity contribution >= 4 is 29.4 Å². The van der Waals surface area contributed by atoms with Crippen molar-refractivity contribution in [2.24, 2.45) is 7.05 Å². The van der Waals surface area contributed by atoms with E-state index < -0.39 is 11.8 Å². The molecule has 0 fully saturated rings. The Bertz CT molecular complexity index is 389. The van der Waals surface area contributed by atoms with E-state index in [1.165, 1.54) is 17.0 Å². The highest BCUT2D eigenvalue weighted by Gasteiger charge is 2.07. The van der Waals surface area contributed by atoms with Crippen LogP contribution < -0.4 is 0 Å². The lowest BCUT2D eigenvalue weighted by molar-refractivity contribution is -0.146. The number of carbonyl (C=O) groups is 2. The molecule has 0 atom stereocenters. The van der Waals surface area contributed by atoms with Gasteiger partial charge in [0, 0.05) is 7.05 Å². The number of carbonyl (C=O) groups excluding carboxylic acids is 1. The molecule has 0 spiro atoms. The number of ketones is 1. The maximum atomic E-state index is 10.7. The SMILES string of the molecule is Cn1ncc(Cl)c1/C=C/C(=O)C(=O)O. The summed E-state index contributed by atoms with van der Waals surface area (Å²) in [5.41, 5.74) is 0.487. The van der Waals surface area contributed by atoms with Crippen molar-refractivity contribution in [3.8, 4) is 0 Å². The van der Waals surface area contributed by atoms with Gasteiger partial charge in [0.1, 0.15) is 0 Å². The smallest absolute Gasteiger partial charge is 0.376 e. The van der Waals surface area contributed by atoms with Crippen LogP contribution in [0, 0.1) is 0 Å². The zero-order chi connectivity index (χ0) is 10.7. The molecule has 1 aromatic heterocycles. The Morgan fingerprint density at radius 2 is 2.29 bits per heavy atom. The van der Waals surface area contributed by atoms with Gasteiger partial charge in [0.05, 0.1) is 16.9 Å². The highest BCUT2D eigenvalue weighted by Crippen LogP contribution is 2.15. The molecule has 0 saturated heterocycles. The van der Waals surface area contributed by atoms with Gasteiger partial charge in [0.15, 0.2) is 0 Å². The van der Waals surface area contributed by atoms with E-state index in [4.69, 9.17) is 16.7 Å². The first-order valence-corrected chi connectivity index (χ1v) is 4.03. The second kappa shape index (κ2) is 4.06. The average Bonchev–Trinajstić information content (AvgIpc) is 2.43. The molecule has 1 aromatic rings. The standard InChI is InChI=1S/C8H7ClN2O3/c1-11-6(5(9)4-10-11)2-3-7(12)8(13)14/h2-4H,1H3,(H,13,14)/b3-2+. The van der Waals surface area contributed by atoms with Gasteiger partial charge in [-0.3, -0.25) is 9.48 Å². The van der Waals surface area contributed by atoms with Crippen LogP contribution in [0.2, 0.25) is 5.02 Å². The van der Waals surface area contributed by atoms with Crippen LogP contribution in [0.15, 0.2) is 12.3 Å². The molecule has 1 heterocycles. The number of hydrogen-bond donors (Lipinski definition) is 1. The summed E-state index contributed by atoms with van der Waals surface area (Å²) in [6, 6.07) is 0. The van der Waals surface area contributed by atoms with Crippen LogP contribution in [-0.2, 0) is 16.6 Å². The number of aliphatic carboxylic acids is 1. The lowest BCUT2D eigenvalue weighted by atomic mass is 10.3. The van der Waals surface area contributed by atoms with Gasteiger partial charge < -0.3 is 5.11 Å². The lowest BCUT2D eigenvalue weighted by Crippen LogP contribution is -2.08. The molecule has 0 unspecified atom stereocenters. The van der Waals surface area contributed by atoms with Gasteiger partial charge in [-0.15, -0.1) is 0 Å². The molecule has 0 aromatic carbocycles. The summed E-state index contributed by atoms with van der Waals surface area (Å²) in [7, 11) is 1.64. The summed E-state index contributed by atoms with van der Waals surface area (Å²) < 4.78 is 1.44. The number of carboxylic acids is 1. The first kappa shape index (κ1) is 10.5. The molecule has 6 heteroatoms. The van der Waals surface area contributed by atoms with Crippen LogP contribution in [0.3, 0.4) is 0 Å². The first-order valence-electron chi connectivity index (χ1n) is 3.65. The van der Waals surface area contributed by atoms with E-state index in [-0.39, 0.29) is 0 Å². The number of nitrogens with zero attached hydrogens (tertiary/aromatic N) is 2.